The van der Waals surface area contributed by atoms with Gasteiger partial charge in [-0.15, -0.1) is 10.2 Å². The summed E-state index contributed by atoms with van der Waals surface area (Å²) in [4.78, 5) is 12.4. The van der Waals surface area contributed by atoms with Crippen LogP contribution in [0, 0.1) is 17.3 Å². The first-order valence-electron chi connectivity index (χ1n) is 8.86. The summed E-state index contributed by atoms with van der Waals surface area (Å²) in [6, 6.07) is 0. The van der Waals surface area contributed by atoms with Gasteiger partial charge in [0, 0.05) is 5.92 Å². The smallest absolute Gasteiger partial charge is 0.267 e. The molecule has 1 saturated carbocycles. The molecule has 1 unspecified atom stereocenters. The minimum atomic E-state index is -3.88. The Labute approximate surface area is 153 Å². The minimum Gasteiger partial charge on any atom is -0.300 e. The molecule has 0 aliphatic heterocycles. The van der Waals surface area contributed by atoms with E-state index in [0.717, 1.165) is 42.9 Å². The van der Waals surface area contributed by atoms with Gasteiger partial charge < -0.3 is 5.32 Å². The van der Waals surface area contributed by atoms with Gasteiger partial charge >= 0.3 is 0 Å². The summed E-state index contributed by atoms with van der Waals surface area (Å²) in [7, 11) is -3.88. The molecular formula is C16H28N4O3S2. The molecule has 1 amide bonds. The van der Waals surface area contributed by atoms with Gasteiger partial charge in [0.2, 0.25) is 15.4 Å². The lowest BCUT2D eigenvalue weighted by Gasteiger charge is -2.48. The van der Waals surface area contributed by atoms with Crippen LogP contribution in [0.15, 0.2) is 4.34 Å². The van der Waals surface area contributed by atoms with Gasteiger partial charge in [0.05, 0.1) is 0 Å². The van der Waals surface area contributed by atoms with Gasteiger partial charge in [-0.05, 0) is 37.0 Å². The minimum absolute atomic E-state index is 0.0367. The Morgan fingerprint density at radius 2 is 2.04 bits per heavy atom. The van der Waals surface area contributed by atoms with E-state index in [2.05, 4.69) is 36.3 Å². The molecule has 0 saturated heterocycles. The molecule has 0 aromatic carbocycles. The predicted octanol–water partition coefficient (Wildman–Crippen LogP) is 3.15. The Morgan fingerprint density at radius 3 is 2.56 bits per heavy atom. The number of nitrogens with two attached hydrogens (primary N) is 1. The first kappa shape index (κ1) is 20.3. The van der Waals surface area contributed by atoms with Gasteiger partial charge in [-0.1, -0.05) is 51.4 Å². The van der Waals surface area contributed by atoms with Crippen LogP contribution in [0.1, 0.15) is 65.7 Å². The maximum absolute atomic E-state index is 12.4. The van der Waals surface area contributed by atoms with Gasteiger partial charge in [-0.2, -0.15) is 0 Å². The van der Waals surface area contributed by atoms with Crippen molar-refractivity contribution in [2.75, 3.05) is 5.32 Å². The highest BCUT2D eigenvalue weighted by atomic mass is 32.2. The molecule has 0 bridgehead atoms. The molecular weight excluding hydrogens is 360 g/mol. The molecule has 1 aromatic rings. The van der Waals surface area contributed by atoms with Gasteiger partial charge in [0.1, 0.15) is 0 Å². The van der Waals surface area contributed by atoms with Crippen molar-refractivity contribution in [3.63, 3.8) is 0 Å². The van der Waals surface area contributed by atoms with Crippen molar-refractivity contribution >= 4 is 32.4 Å². The lowest BCUT2D eigenvalue weighted by Crippen LogP contribution is -2.43. The largest absolute Gasteiger partial charge is 0.300 e. The number of hydrogen-bond acceptors (Lipinski definition) is 6. The molecule has 3 N–H and O–H groups in total. The Kier molecular flexibility index (Phi) is 6.56. The fraction of sp³-hybridized carbons (Fsp3) is 0.812. The van der Waals surface area contributed by atoms with Crippen molar-refractivity contribution in [3.8, 4) is 0 Å². The van der Waals surface area contributed by atoms with Gasteiger partial charge in [0.15, 0.2) is 0 Å². The quantitative estimate of drug-likeness (QED) is 0.631. The first-order valence-corrected chi connectivity index (χ1v) is 11.2. The molecule has 25 heavy (non-hydrogen) atoms. The second kappa shape index (κ2) is 8.09. The molecule has 1 fully saturated rings. The molecule has 2 rings (SSSR count). The van der Waals surface area contributed by atoms with Crippen molar-refractivity contribution in [1.29, 1.82) is 0 Å². The van der Waals surface area contributed by atoms with Crippen molar-refractivity contribution in [2.45, 2.75) is 70.1 Å². The summed E-state index contributed by atoms with van der Waals surface area (Å²) in [5, 5.41) is 15.0. The predicted molar refractivity (Wildman–Crippen MR) is 98.7 cm³/mol. The Balaban J connectivity index is 1.90. The maximum atomic E-state index is 12.4. The zero-order valence-corrected chi connectivity index (χ0v) is 16.8. The first-order chi connectivity index (χ1) is 11.7. The van der Waals surface area contributed by atoms with Crippen LogP contribution in [0.5, 0.6) is 0 Å². The third-order valence-electron chi connectivity index (χ3n) is 5.25. The Morgan fingerprint density at radius 1 is 1.36 bits per heavy atom. The molecule has 0 spiro atoms. The van der Waals surface area contributed by atoms with E-state index in [1.165, 1.54) is 19.3 Å². The lowest BCUT2D eigenvalue weighted by atomic mass is 9.57. The molecule has 0 radical (unpaired) electrons. The normalized spacial score (nSPS) is 24.6. The van der Waals surface area contributed by atoms with E-state index in [4.69, 9.17) is 5.14 Å². The topological polar surface area (TPSA) is 115 Å². The Hall–Kier alpha value is -1.06. The fourth-order valence-electron chi connectivity index (χ4n) is 3.57. The zero-order chi connectivity index (χ0) is 18.7. The van der Waals surface area contributed by atoms with E-state index in [1.807, 2.05) is 0 Å². The molecule has 1 aromatic heterocycles. The number of hydrogen-bond donors (Lipinski definition) is 2. The van der Waals surface area contributed by atoms with E-state index in [-0.39, 0.29) is 26.7 Å². The number of rotatable bonds is 9. The molecule has 7 nitrogen and oxygen atoms in total. The number of anilines is 1. The van der Waals surface area contributed by atoms with Crippen molar-refractivity contribution in [3.05, 3.63) is 0 Å². The summed E-state index contributed by atoms with van der Waals surface area (Å²) >= 11 is 0.780. The highest BCUT2D eigenvalue weighted by Gasteiger charge is 2.46. The van der Waals surface area contributed by atoms with E-state index in [0.29, 0.717) is 0 Å². The number of carbonyl (C=O) groups is 1. The maximum Gasteiger partial charge on any atom is 0.267 e. The third-order valence-corrected chi connectivity index (χ3v) is 7.40. The highest BCUT2D eigenvalue weighted by molar-refractivity contribution is 7.91. The average Bonchev–Trinajstić information content (AvgIpc) is 2.97. The number of carbonyl (C=O) groups excluding carboxylic acids is 1. The van der Waals surface area contributed by atoms with Gasteiger partial charge in [-0.25, -0.2) is 13.6 Å². The van der Waals surface area contributed by atoms with E-state index < -0.39 is 10.0 Å². The summed E-state index contributed by atoms with van der Waals surface area (Å²) in [5.74, 6) is 0.581. The summed E-state index contributed by atoms with van der Waals surface area (Å²) < 4.78 is 22.1. The lowest BCUT2D eigenvalue weighted by molar-refractivity contribution is -0.128. The monoisotopic (exact) mass is 388 g/mol. The second-order valence-electron chi connectivity index (χ2n) is 7.31. The second-order valence-corrected chi connectivity index (χ2v) is 10.0. The van der Waals surface area contributed by atoms with E-state index in [9.17, 15) is 13.2 Å². The summed E-state index contributed by atoms with van der Waals surface area (Å²) in [6.07, 6.45) is 7.64. The molecule has 1 heterocycles. The number of sulfonamides is 1. The number of nitrogens with one attached hydrogen (secondary N) is 1. The van der Waals surface area contributed by atoms with Crippen LogP contribution in [0.3, 0.4) is 0 Å². The van der Waals surface area contributed by atoms with E-state index >= 15 is 0 Å². The third kappa shape index (κ3) is 5.21. The van der Waals surface area contributed by atoms with Crippen LogP contribution in [0.4, 0.5) is 5.13 Å². The van der Waals surface area contributed by atoms with Crippen molar-refractivity contribution in [2.24, 2.45) is 22.4 Å². The van der Waals surface area contributed by atoms with Gasteiger partial charge in [0.25, 0.3) is 10.0 Å². The molecule has 142 valence electrons. The summed E-state index contributed by atoms with van der Waals surface area (Å²) in [5.41, 5.74) is 0.285. The Bertz CT molecular complexity index is 696. The highest BCUT2D eigenvalue weighted by Crippen LogP contribution is 2.53. The number of aromatic nitrogens is 2. The standard InChI is InChI=1S/C16H28N4O3S2/c1-4-7-16(8-6-11(3)5-2)9-12(10-16)13(21)18-14-19-20-15(24-14)25(17,22)23/h11-12H,4-10H2,1-3H3,(H2,17,22,23)(H,18,19,21). The zero-order valence-electron chi connectivity index (χ0n) is 15.1. The fourth-order valence-corrected chi connectivity index (χ4v) is 4.91. The molecule has 1 aliphatic rings. The van der Waals surface area contributed by atoms with Crippen LogP contribution in [0.2, 0.25) is 0 Å². The molecule has 9 heteroatoms. The van der Waals surface area contributed by atoms with Crippen LogP contribution in [0.25, 0.3) is 0 Å². The van der Waals surface area contributed by atoms with Crippen molar-refractivity contribution < 1.29 is 13.2 Å². The van der Waals surface area contributed by atoms with Gasteiger partial charge in [-0.3, -0.25) is 4.79 Å². The number of nitrogens with zero attached hydrogens (tertiary/aromatic N) is 2. The number of amides is 1. The van der Waals surface area contributed by atoms with E-state index in [1.54, 1.807) is 0 Å². The summed E-state index contributed by atoms with van der Waals surface area (Å²) in [6.45, 7) is 6.68. The van der Waals surface area contributed by atoms with Crippen LogP contribution in [-0.4, -0.2) is 24.5 Å². The molecule has 1 aliphatic carbocycles. The van der Waals surface area contributed by atoms with Crippen molar-refractivity contribution in [1.82, 2.24) is 10.2 Å². The van der Waals surface area contributed by atoms with Crippen LogP contribution < -0.4 is 10.5 Å². The SMILES string of the molecule is CCCC1(CCC(C)CC)CC(C(=O)Nc2nnc(S(N)(=O)=O)s2)C1. The van der Waals surface area contributed by atoms with Crippen LogP contribution in [-0.2, 0) is 14.8 Å². The average molecular weight is 389 g/mol. The van der Waals surface area contributed by atoms with Crippen LogP contribution >= 0.6 is 11.3 Å². The number of primary sulfonamides is 1. The molecule has 1 atom stereocenters.